The Hall–Kier alpha value is -0.980. The highest BCUT2D eigenvalue weighted by molar-refractivity contribution is 5.20. The molecule has 0 atom stereocenters. The van der Waals surface area contributed by atoms with Gasteiger partial charge in [0.05, 0.1) is 0 Å². The van der Waals surface area contributed by atoms with E-state index in [2.05, 4.69) is 44.5 Å². The fraction of sp³-hybridized carbons (Fsp3) is 0.625. The number of hydrogen-bond acceptors (Lipinski definition) is 1. The Morgan fingerprint density at radius 1 is 1.24 bits per heavy atom. The molecular formula is C16H29N. The molecule has 0 bridgehead atoms. The van der Waals surface area contributed by atoms with E-state index >= 15 is 0 Å². The molecule has 0 rings (SSSR count). The molecule has 0 aliphatic carbocycles. The van der Waals surface area contributed by atoms with Crippen LogP contribution in [0.1, 0.15) is 46.5 Å². The fourth-order valence-corrected chi connectivity index (χ4v) is 1.75. The molecule has 0 heterocycles. The molecule has 0 aliphatic heterocycles. The van der Waals surface area contributed by atoms with Crippen molar-refractivity contribution in [2.75, 3.05) is 13.6 Å². The van der Waals surface area contributed by atoms with Crippen LogP contribution in [0.5, 0.6) is 0 Å². The van der Waals surface area contributed by atoms with E-state index in [0.717, 1.165) is 12.5 Å². The topological polar surface area (TPSA) is 3.24 Å². The molecule has 0 saturated heterocycles. The molecular weight excluding hydrogens is 206 g/mol. The maximum Gasteiger partial charge on any atom is 0.0357 e. The predicted octanol–water partition coefficient (Wildman–Crippen LogP) is 4.78. The van der Waals surface area contributed by atoms with Crippen molar-refractivity contribution >= 4 is 0 Å². The molecule has 0 N–H and O–H groups in total. The van der Waals surface area contributed by atoms with Crippen LogP contribution in [0.2, 0.25) is 0 Å². The monoisotopic (exact) mass is 235 g/mol. The molecule has 0 amide bonds. The average molecular weight is 235 g/mol. The third kappa shape index (κ3) is 8.79. The molecule has 0 aromatic heterocycles. The molecule has 0 aromatic carbocycles. The highest BCUT2D eigenvalue weighted by atomic mass is 15.1. The van der Waals surface area contributed by atoms with Crippen molar-refractivity contribution < 1.29 is 0 Å². The molecule has 1 heteroatoms. The van der Waals surface area contributed by atoms with Gasteiger partial charge >= 0.3 is 0 Å². The van der Waals surface area contributed by atoms with E-state index in [-0.39, 0.29) is 0 Å². The Kier molecular flexibility index (Phi) is 9.60. The lowest BCUT2D eigenvalue weighted by Crippen LogP contribution is -2.17. The van der Waals surface area contributed by atoms with Gasteiger partial charge in [-0.05, 0) is 31.4 Å². The van der Waals surface area contributed by atoms with E-state index < -0.39 is 0 Å². The van der Waals surface area contributed by atoms with Gasteiger partial charge in [-0.3, -0.25) is 0 Å². The van der Waals surface area contributed by atoms with Gasteiger partial charge in [0.2, 0.25) is 0 Å². The van der Waals surface area contributed by atoms with Gasteiger partial charge in [-0.2, -0.15) is 0 Å². The number of nitrogens with zero attached hydrogens (tertiary/aromatic N) is 1. The molecule has 17 heavy (non-hydrogen) atoms. The van der Waals surface area contributed by atoms with Crippen LogP contribution in [0, 0.1) is 5.92 Å². The van der Waals surface area contributed by atoms with Gasteiger partial charge in [0, 0.05) is 19.3 Å². The van der Waals surface area contributed by atoms with Crippen molar-refractivity contribution in [2.45, 2.75) is 46.5 Å². The first kappa shape index (κ1) is 16.0. The first-order valence-corrected chi connectivity index (χ1v) is 6.78. The Bertz CT molecular complexity index is 248. The summed E-state index contributed by atoms with van der Waals surface area (Å²) in [5.74, 6) is 0.839. The molecule has 0 radical (unpaired) electrons. The van der Waals surface area contributed by atoms with Gasteiger partial charge < -0.3 is 4.90 Å². The van der Waals surface area contributed by atoms with Crippen LogP contribution in [0.25, 0.3) is 0 Å². The summed E-state index contributed by atoms with van der Waals surface area (Å²) >= 11 is 0. The van der Waals surface area contributed by atoms with Crippen LogP contribution in [0.4, 0.5) is 0 Å². The highest BCUT2D eigenvalue weighted by Crippen LogP contribution is 2.10. The van der Waals surface area contributed by atoms with Crippen molar-refractivity contribution in [2.24, 2.45) is 5.92 Å². The summed E-state index contributed by atoms with van der Waals surface area (Å²) in [6.07, 6.45) is 13.4. The Labute approximate surface area is 108 Å². The Balaban J connectivity index is 3.83. The van der Waals surface area contributed by atoms with Crippen LogP contribution < -0.4 is 0 Å². The molecule has 0 fully saturated rings. The smallest absolute Gasteiger partial charge is 0.0357 e. The largest absolute Gasteiger partial charge is 0.375 e. The first-order chi connectivity index (χ1) is 8.11. The second-order valence-electron chi connectivity index (χ2n) is 4.99. The molecule has 0 saturated carbocycles. The second kappa shape index (κ2) is 10.2. The van der Waals surface area contributed by atoms with Gasteiger partial charge in [0.25, 0.3) is 0 Å². The predicted molar refractivity (Wildman–Crippen MR) is 79.0 cm³/mol. The lowest BCUT2D eigenvalue weighted by atomic mass is 10.1. The van der Waals surface area contributed by atoms with Crippen molar-refractivity contribution in [1.29, 1.82) is 0 Å². The maximum atomic E-state index is 3.86. The minimum absolute atomic E-state index is 0.839. The minimum Gasteiger partial charge on any atom is -0.375 e. The number of likely N-dealkylation sites (N-methyl/N-ethyl adjacent to an activating group) is 1. The van der Waals surface area contributed by atoms with Crippen molar-refractivity contribution in [3.05, 3.63) is 36.6 Å². The first-order valence-electron chi connectivity index (χ1n) is 6.78. The number of unbranched alkanes of at least 4 members (excludes halogenated alkanes) is 2. The Morgan fingerprint density at radius 3 is 2.47 bits per heavy atom. The minimum atomic E-state index is 0.839. The molecule has 98 valence electrons. The van der Waals surface area contributed by atoms with Crippen molar-refractivity contribution in [3.8, 4) is 0 Å². The van der Waals surface area contributed by atoms with Gasteiger partial charge in [-0.1, -0.05) is 51.8 Å². The molecule has 0 unspecified atom stereocenters. The summed E-state index contributed by atoms with van der Waals surface area (Å²) in [6.45, 7) is 11.6. The zero-order chi connectivity index (χ0) is 13.1. The third-order valence-corrected chi connectivity index (χ3v) is 2.88. The van der Waals surface area contributed by atoms with E-state index in [4.69, 9.17) is 0 Å². The van der Waals surface area contributed by atoms with E-state index in [1.807, 2.05) is 19.1 Å². The molecule has 1 nitrogen and oxygen atoms in total. The van der Waals surface area contributed by atoms with Crippen LogP contribution >= 0.6 is 0 Å². The average Bonchev–Trinajstić information content (AvgIpc) is 2.29. The van der Waals surface area contributed by atoms with E-state index in [0.29, 0.717) is 0 Å². The summed E-state index contributed by atoms with van der Waals surface area (Å²) in [4.78, 5) is 2.28. The zero-order valence-corrected chi connectivity index (χ0v) is 12.1. The zero-order valence-electron chi connectivity index (χ0n) is 12.1. The van der Waals surface area contributed by atoms with E-state index in [1.165, 1.54) is 31.4 Å². The summed E-state index contributed by atoms with van der Waals surface area (Å²) in [7, 11) is 2.14. The summed E-state index contributed by atoms with van der Waals surface area (Å²) in [6, 6.07) is 0. The quantitative estimate of drug-likeness (QED) is 0.410. The van der Waals surface area contributed by atoms with Gasteiger partial charge in [0.15, 0.2) is 0 Å². The summed E-state index contributed by atoms with van der Waals surface area (Å²) < 4.78 is 0. The summed E-state index contributed by atoms with van der Waals surface area (Å²) in [5.41, 5.74) is 1.20. The van der Waals surface area contributed by atoms with E-state index in [9.17, 15) is 0 Å². The molecule has 0 aromatic rings. The molecule has 0 spiro atoms. The maximum absolute atomic E-state index is 3.86. The van der Waals surface area contributed by atoms with Gasteiger partial charge in [-0.15, -0.1) is 0 Å². The van der Waals surface area contributed by atoms with Gasteiger partial charge in [-0.25, -0.2) is 0 Å². The van der Waals surface area contributed by atoms with Crippen molar-refractivity contribution in [1.82, 2.24) is 4.90 Å². The van der Waals surface area contributed by atoms with Crippen LogP contribution in [-0.2, 0) is 0 Å². The molecule has 0 aliphatic rings. The Morgan fingerprint density at radius 2 is 1.94 bits per heavy atom. The van der Waals surface area contributed by atoms with Crippen LogP contribution in [-0.4, -0.2) is 18.5 Å². The van der Waals surface area contributed by atoms with Gasteiger partial charge in [0.1, 0.15) is 0 Å². The number of rotatable bonds is 9. The number of allylic oxidation sites excluding steroid dienone is 4. The van der Waals surface area contributed by atoms with E-state index in [1.54, 1.807) is 0 Å². The van der Waals surface area contributed by atoms with Crippen molar-refractivity contribution in [3.63, 3.8) is 0 Å². The fourth-order valence-electron chi connectivity index (χ4n) is 1.75. The number of hydrogen-bond donors (Lipinski definition) is 0. The third-order valence-electron chi connectivity index (χ3n) is 2.88. The summed E-state index contributed by atoms with van der Waals surface area (Å²) in [5, 5.41) is 0. The van der Waals surface area contributed by atoms with Crippen LogP contribution in [0.15, 0.2) is 36.6 Å². The SMILES string of the molecule is C=C/C(=C\C=C\C)N(C)CCCCCC(C)C. The van der Waals surface area contributed by atoms with Crippen LogP contribution in [0.3, 0.4) is 0 Å². The lowest BCUT2D eigenvalue weighted by Gasteiger charge is -2.20. The standard InChI is InChI=1S/C16H29N/c1-6-8-13-16(7-2)17(5)14-11-9-10-12-15(3)4/h6-8,13,15H,2,9-12,14H2,1,3-5H3/b8-6+,16-13+. The lowest BCUT2D eigenvalue weighted by molar-refractivity contribution is 0.403. The second-order valence-corrected chi connectivity index (χ2v) is 4.99. The normalized spacial score (nSPS) is 12.4. The highest BCUT2D eigenvalue weighted by Gasteiger charge is 2.00.